The first-order valence-corrected chi connectivity index (χ1v) is 8.83. The quantitative estimate of drug-likeness (QED) is 0.672. The minimum atomic E-state index is -1.22. The lowest BCUT2D eigenvalue weighted by Crippen LogP contribution is -2.30. The van der Waals surface area contributed by atoms with Crippen LogP contribution >= 0.6 is 22.9 Å². The molecule has 0 unspecified atom stereocenters. The zero-order valence-corrected chi connectivity index (χ0v) is 14.7. The molecule has 2 aromatic carbocycles. The maximum atomic E-state index is 12.7. The van der Waals surface area contributed by atoms with Gasteiger partial charge in [0.1, 0.15) is 10.6 Å². The van der Waals surface area contributed by atoms with Crippen molar-refractivity contribution in [3.05, 3.63) is 75.6 Å². The molecule has 3 aromatic rings. The Morgan fingerprint density at radius 2 is 1.62 bits per heavy atom. The van der Waals surface area contributed by atoms with E-state index in [1.54, 1.807) is 53.9 Å². The first-order valence-electron chi connectivity index (χ1n) is 7.57. The zero-order valence-electron chi connectivity index (χ0n) is 13.1. The summed E-state index contributed by atoms with van der Waals surface area (Å²) in [7, 11) is 0. The third-order valence-electron chi connectivity index (χ3n) is 4.12. The molecule has 0 saturated carbocycles. The molecular weight excluding hydrogens is 374 g/mol. The van der Waals surface area contributed by atoms with Crippen LogP contribution in [0.5, 0.6) is 0 Å². The fourth-order valence-corrected chi connectivity index (χ4v) is 4.22. The highest BCUT2D eigenvalue weighted by molar-refractivity contribution is 7.15. The molecule has 2 amide bonds. The van der Waals surface area contributed by atoms with E-state index in [4.69, 9.17) is 11.6 Å². The van der Waals surface area contributed by atoms with Crippen LogP contribution in [0.3, 0.4) is 0 Å². The number of carboxylic acids is 1. The molecule has 1 N–H and O–H groups in total. The minimum absolute atomic E-state index is 0.0910. The van der Waals surface area contributed by atoms with Crippen molar-refractivity contribution in [3.8, 4) is 11.1 Å². The minimum Gasteiger partial charge on any atom is -0.478 e. The molecule has 0 spiro atoms. The number of rotatable bonds is 3. The summed E-state index contributed by atoms with van der Waals surface area (Å²) in [5.41, 5.74) is 1.47. The number of hydrogen-bond acceptors (Lipinski definition) is 4. The maximum Gasteiger partial charge on any atom is 0.339 e. The molecule has 0 bridgehead atoms. The number of halogens is 1. The molecule has 0 radical (unpaired) electrons. The second kappa shape index (κ2) is 6.09. The Kier molecular flexibility index (Phi) is 3.86. The number of anilines is 1. The third-order valence-corrected chi connectivity index (χ3v) is 5.32. The Bertz CT molecular complexity index is 1050. The predicted octanol–water partition coefficient (Wildman–Crippen LogP) is 4.57. The number of carboxylic acid groups (broad SMARTS) is 1. The molecule has 128 valence electrons. The molecule has 2 heterocycles. The van der Waals surface area contributed by atoms with Crippen LogP contribution in [0.1, 0.15) is 31.1 Å². The van der Waals surface area contributed by atoms with Crippen molar-refractivity contribution in [2.75, 3.05) is 4.90 Å². The van der Waals surface area contributed by atoms with Gasteiger partial charge in [0, 0.05) is 16.0 Å². The van der Waals surface area contributed by atoms with Crippen molar-refractivity contribution in [1.82, 2.24) is 0 Å². The monoisotopic (exact) mass is 383 g/mol. The number of nitrogens with zero attached hydrogens (tertiary/aromatic N) is 1. The first-order chi connectivity index (χ1) is 12.5. The number of aromatic carboxylic acids is 1. The number of amides is 2. The summed E-state index contributed by atoms with van der Waals surface area (Å²) in [6.07, 6.45) is 0. The Hall–Kier alpha value is -2.96. The number of fused-ring (bicyclic) bond motifs is 1. The van der Waals surface area contributed by atoms with Gasteiger partial charge in [-0.05, 0) is 29.8 Å². The highest BCUT2D eigenvalue weighted by Gasteiger charge is 2.39. The number of imide groups is 1. The number of hydrogen-bond donors (Lipinski definition) is 1. The summed E-state index contributed by atoms with van der Waals surface area (Å²) in [6.45, 7) is 0. The number of thiophene rings is 1. The molecule has 4 rings (SSSR count). The molecule has 0 atom stereocenters. The van der Waals surface area contributed by atoms with Gasteiger partial charge in [-0.1, -0.05) is 35.9 Å². The van der Waals surface area contributed by atoms with E-state index in [1.165, 1.54) is 0 Å². The van der Waals surface area contributed by atoms with Crippen LogP contribution in [0.2, 0.25) is 5.02 Å². The SMILES string of the molecule is O=C(O)c1c(-c2cccc(Cl)c2)csc1N1C(=O)c2ccccc2C1=O. The van der Waals surface area contributed by atoms with E-state index in [0.717, 1.165) is 16.2 Å². The van der Waals surface area contributed by atoms with Crippen LogP contribution in [-0.4, -0.2) is 22.9 Å². The second-order valence-electron chi connectivity index (χ2n) is 5.64. The highest BCUT2D eigenvalue weighted by Crippen LogP contribution is 2.41. The maximum absolute atomic E-state index is 12.7. The Balaban J connectivity index is 1.88. The van der Waals surface area contributed by atoms with Gasteiger partial charge < -0.3 is 5.11 Å². The van der Waals surface area contributed by atoms with Gasteiger partial charge >= 0.3 is 5.97 Å². The lowest BCUT2D eigenvalue weighted by Gasteiger charge is -2.13. The summed E-state index contributed by atoms with van der Waals surface area (Å²) >= 11 is 7.05. The van der Waals surface area contributed by atoms with Crippen molar-refractivity contribution in [3.63, 3.8) is 0 Å². The molecule has 1 aliphatic heterocycles. The van der Waals surface area contributed by atoms with Gasteiger partial charge in [-0.3, -0.25) is 9.59 Å². The largest absolute Gasteiger partial charge is 0.478 e. The molecule has 1 aliphatic rings. The summed E-state index contributed by atoms with van der Waals surface area (Å²) < 4.78 is 0. The van der Waals surface area contributed by atoms with Crippen LogP contribution in [0.4, 0.5) is 5.00 Å². The number of carbonyl (C=O) groups excluding carboxylic acids is 2. The van der Waals surface area contributed by atoms with Gasteiger partial charge in [-0.15, -0.1) is 11.3 Å². The van der Waals surface area contributed by atoms with E-state index in [9.17, 15) is 19.5 Å². The lowest BCUT2D eigenvalue weighted by molar-refractivity contribution is 0.0699. The van der Waals surface area contributed by atoms with Crippen LogP contribution in [0, 0.1) is 0 Å². The fourth-order valence-electron chi connectivity index (χ4n) is 2.96. The smallest absolute Gasteiger partial charge is 0.339 e. The molecule has 1 aromatic heterocycles. The number of carbonyl (C=O) groups is 3. The van der Waals surface area contributed by atoms with Crippen LogP contribution in [-0.2, 0) is 0 Å². The summed E-state index contributed by atoms with van der Waals surface area (Å²) in [5, 5.41) is 11.9. The molecule has 0 aliphatic carbocycles. The average Bonchev–Trinajstić information content (AvgIpc) is 3.16. The van der Waals surface area contributed by atoms with E-state index >= 15 is 0 Å². The van der Waals surface area contributed by atoms with Gasteiger partial charge in [-0.2, -0.15) is 0 Å². The van der Waals surface area contributed by atoms with Crippen molar-refractivity contribution in [2.45, 2.75) is 0 Å². The normalized spacial score (nSPS) is 13.2. The zero-order chi connectivity index (χ0) is 18.4. The first kappa shape index (κ1) is 16.5. The standard InChI is InChI=1S/C19H10ClNO4S/c20-11-5-3-4-10(8-11)14-9-26-18(15(14)19(24)25)21-16(22)12-6-1-2-7-13(12)17(21)23/h1-9H,(H,24,25). The van der Waals surface area contributed by atoms with Crippen molar-refractivity contribution in [2.24, 2.45) is 0 Å². The van der Waals surface area contributed by atoms with Gasteiger partial charge in [0.2, 0.25) is 0 Å². The molecule has 0 saturated heterocycles. The lowest BCUT2D eigenvalue weighted by atomic mass is 10.0. The predicted molar refractivity (Wildman–Crippen MR) is 99.3 cm³/mol. The van der Waals surface area contributed by atoms with Gasteiger partial charge in [0.05, 0.1) is 11.1 Å². The average molecular weight is 384 g/mol. The Labute approximate surface area is 157 Å². The highest BCUT2D eigenvalue weighted by atomic mass is 35.5. The summed E-state index contributed by atoms with van der Waals surface area (Å²) in [4.78, 5) is 38.2. The van der Waals surface area contributed by atoms with Crippen LogP contribution in [0.25, 0.3) is 11.1 Å². The Morgan fingerprint density at radius 3 is 2.19 bits per heavy atom. The van der Waals surface area contributed by atoms with Crippen LogP contribution in [0.15, 0.2) is 53.9 Å². The molecule has 26 heavy (non-hydrogen) atoms. The Morgan fingerprint density at radius 1 is 0.962 bits per heavy atom. The molecule has 0 fully saturated rings. The molecule has 5 nitrogen and oxygen atoms in total. The van der Waals surface area contributed by atoms with Gasteiger partial charge in [-0.25, -0.2) is 9.69 Å². The third kappa shape index (κ3) is 2.42. The van der Waals surface area contributed by atoms with Gasteiger partial charge in [0.15, 0.2) is 0 Å². The van der Waals surface area contributed by atoms with E-state index in [0.29, 0.717) is 16.1 Å². The van der Waals surface area contributed by atoms with Crippen LogP contribution < -0.4 is 4.90 Å². The van der Waals surface area contributed by atoms with E-state index in [-0.39, 0.29) is 21.7 Å². The summed E-state index contributed by atoms with van der Waals surface area (Å²) in [6, 6.07) is 13.2. The second-order valence-corrected chi connectivity index (χ2v) is 6.93. The number of benzene rings is 2. The summed E-state index contributed by atoms with van der Waals surface area (Å²) in [5.74, 6) is -2.26. The van der Waals surface area contributed by atoms with Crippen molar-refractivity contribution >= 4 is 45.7 Å². The van der Waals surface area contributed by atoms with Crippen molar-refractivity contribution < 1.29 is 19.5 Å². The fraction of sp³-hybridized carbons (Fsp3) is 0. The molecular formula is C19H10ClNO4S. The van der Waals surface area contributed by atoms with E-state index < -0.39 is 17.8 Å². The van der Waals surface area contributed by atoms with E-state index in [1.807, 2.05) is 0 Å². The van der Waals surface area contributed by atoms with Crippen molar-refractivity contribution in [1.29, 1.82) is 0 Å². The topological polar surface area (TPSA) is 74.7 Å². The van der Waals surface area contributed by atoms with Gasteiger partial charge in [0.25, 0.3) is 11.8 Å². The molecule has 7 heteroatoms. The van der Waals surface area contributed by atoms with E-state index in [2.05, 4.69) is 0 Å².